The summed E-state index contributed by atoms with van der Waals surface area (Å²) in [6.07, 6.45) is 7.20. The first-order valence-electron chi connectivity index (χ1n) is 6.27. The Balaban J connectivity index is 1.79. The Morgan fingerprint density at radius 1 is 0.933 bits per heavy atom. The number of rotatable bonds is 2. The van der Waals surface area contributed by atoms with Crippen LogP contribution in [-0.4, -0.2) is 12.6 Å². The largest absolute Gasteiger partial charge is 0.368 e. The lowest BCUT2D eigenvalue weighted by Crippen LogP contribution is -2.38. The molecule has 0 aromatic heterocycles. The van der Waals surface area contributed by atoms with Crippen LogP contribution in [0.4, 0.5) is 5.69 Å². The van der Waals surface area contributed by atoms with Gasteiger partial charge in [0.05, 0.1) is 0 Å². The maximum Gasteiger partial charge on any atom is 0.0368 e. The molecule has 0 radical (unpaired) electrons. The summed E-state index contributed by atoms with van der Waals surface area (Å²) in [5, 5.41) is 0. The van der Waals surface area contributed by atoms with Crippen molar-refractivity contribution in [1.29, 1.82) is 0 Å². The molecule has 2 fully saturated rings. The summed E-state index contributed by atoms with van der Waals surface area (Å²) < 4.78 is 0. The summed E-state index contributed by atoms with van der Waals surface area (Å²) in [5.41, 5.74) is 1.44. The normalized spacial score (nSPS) is 26.7. The molecule has 1 saturated carbocycles. The Kier molecular flexibility index (Phi) is 2.40. The maximum atomic E-state index is 2.64. The Morgan fingerprint density at radius 2 is 1.73 bits per heavy atom. The van der Waals surface area contributed by atoms with Crippen LogP contribution in [0.5, 0.6) is 0 Å². The molecule has 1 atom stereocenters. The van der Waals surface area contributed by atoms with Crippen LogP contribution in [0, 0.1) is 5.92 Å². The molecule has 3 rings (SSSR count). The van der Waals surface area contributed by atoms with E-state index in [4.69, 9.17) is 0 Å². The van der Waals surface area contributed by atoms with Gasteiger partial charge in [0, 0.05) is 18.3 Å². The summed E-state index contributed by atoms with van der Waals surface area (Å²) >= 11 is 0. The van der Waals surface area contributed by atoms with Gasteiger partial charge in [-0.15, -0.1) is 0 Å². The van der Waals surface area contributed by atoms with E-state index in [-0.39, 0.29) is 0 Å². The Labute approximate surface area is 92.1 Å². The van der Waals surface area contributed by atoms with Gasteiger partial charge in [0.15, 0.2) is 0 Å². The van der Waals surface area contributed by atoms with Crippen molar-refractivity contribution < 1.29 is 0 Å². The molecule has 0 spiro atoms. The predicted molar refractivity (Wildman–Crippen MR) is 64.2 cm³/mol. The van der Waals surface area contributed by atoms with E-state index in [2.05, 4.69) is 35.2 Å². The number of benzene rings is 1. The highest BCUT2D eigenvalue weighted by Crippen LogP contribution is 2.39. The standard InChI is InChI=1S/C14H19N/c1-2-8-13(9-3-1)15-11-5-10-14(15)12-6-4-7-12/h1-3,8-9,12,14H,4-7,10-11H2/t14-/m0/s1. The molecule has 1 aliphatic heterocycles. The lowest BCUT2D eigenvalue weighted by Gasteiger charge is -2.38. The van der Waals surface area contributed by atoms with Crippen LogP contribution in [0.15, 0.2) is 30.3 Å². The fourth-order valence-corrected chi connectivity index (χ4v) is 3.05. The van der Waals surface area contributed by atoms with Gasteiger partial charge in [-0.05, 0) is 43.7 Å². The Bertz CT molecular complexity index is 315. The number of hydrogen-bond donors (Lipinski definition) is 0. The zero-order chi connectivity index (χ0) is 10.1. The first-order chi connectivity index (χ1) is 7.45. The number of nitrogens with zero attached hydrogens (tertiary/aromatic N) is 1. The van der Waals surface area contributed by atoms with Crippen LogP contribution >= 0.6 is 0 Å². The van der Waals surface area contributed by atoms with Gasteiger partial charge in [-0.25, -0.2) is 0 Å². The topological polar surface area (TPSA) is 3.24 Å². The van der Waals surface area contributed by atoms with Gasteiger partial charge >= 0.3 is 0 Å². The Hall–Kier alpha value is -0.980. The van der Waals surface area contributed by atoms with Gasteiger partial charge in [-0.3, -0.25) is 0 Å². The van der Waals surface area contributed by atoms with Gasteiger partial charge in [0.1, 0.15) is 0 Å². The molecular formula is C14H19N. The third kappa shape index (κ3) is 1.64. The molecule has 80 valence electrons. The zero-order valence-electron chi connectivity index (χ0n) is 9.23. The summed E-state index contributed by atoms with van der Waals surface area (Å²) in [7, 11) is 0. The van der Waals surface area contributed by atoms with Crippen LogP contribution < -0.4 is 4.90 Å². The fraction of sp³-hybridized carbons (Fsp3) is 0.571. The third-order valence-corrected chi connectivity index (χ3v) is 4.08. The van der Waals surface area contributed by atoms with Gasteiger partial charge in [-0.2, -0.15) is 0 Å². The van der Waals surface area contributed by atoms with Crippen LogP contribution in [0.25, 0.3) is 0 Å². The summed E-state index contributed by atoms with van der Waals surface area (Å²) in [6.45, 7) is 1.27. The van der Waals surface area contributed by atoms with Crippen molar-refractivity contribution in [3.05, 3.63) is 30.3 Å². The second-order valence-corrected chi connectivity index (χ2v) is 4.93. The summed E-state index contributed by atoms with van der Waals surface area (Å²) in [5.74, 6) is 0.993. The lowest BCUT2D eigenvalue weighted by molar-refractivity contribution is 0.262. The average Bonchev–Trinajstić information content (AvgIpc) is 2.65. The van der Waals surface area contributed by atoms with Crippen LogP contribution in [0.1, 0.15) is 32.1 Å². The molecule has 1 aromatic carbocycles. The summed E-state index contributed by atoms with van der Waals surface area (Å²) in [4.78, 5) is 2.64. The molecule has 0 N–H and O–H groups in total. The monoisotopic (exact) mass is 201 g/mol. The molecule has 0 bridgehead atoms. The average molecular weight is 201 g/mol. The minimum atomic E-state index is 0.848. The van der Waals surface area contributed by atoms with Crippen molar-refractivity contribution in [2.45, 2.75) is 38.1 Å². The second kappa shape index (κ2) is 3.88. The molecule has 0 amide bonds. The van der Waals surface area contributed by atoms with Crippen molar-refractivity contribution in [3.8, 4) is 0 Å². The highest BCUT2D eigenvalue weighted by Gasteiger charge is 2.34. The third-order valence-electron chi connectivity index (χ3n) is 4.08. The molecule has 2 aliphatic rings. The first-order valence-corrected chi connectivity index (χ1v) is 6.27. The Morgan fingerprint density at radius 3 is 2.40 bits per heavy atom. The molecule has 1 saturated heterocycles. The van der Waals surface area contributed by atoms with Gasteiger partial charge in [0.25, 0.3) is 0 Å². The molecule has 1 heteroatoms. The van der Waals surface area contributed by atoms with Crippen molar-refractivity contribution in [3.63, 3.8) is 0 Å². The van der Waals surface area contributed by atoms with E-state index < -0.39 is 0 Å². The van der Waals surface area contributed by atoms with Crippen LogP contribution in [0.2, 0.25) is 0 Å². The number of anilines is 1. The molecule has 1 nitrogen and oxygen atoms in total. The first kappa shape index (κ1) is 9.26. The minimum Gasteiger partial charge on any atom is -0.368 e. The van der Waals surface area contributed by atoms with E-state index in [1.54, 1.807) is 0 Å². The van der Waals surface area contributed by atoms with Crippen molar-refractivity contribution in [2.75, 3.05) is 11.4 Å². The van der Waals surface area contributed by atoms with Crippen molar-refractivity contribution in [1.82, 2.24) is 0 Å². The minimum absolute atomic E-state index is 0.848. The van der Waals surface area contributed by atoms with E-state index in [0.717, 1.165) is 12.0 Å². The molecule has 1 aromatic rings. The summed E-state index contributed by atoms with van der Waals surface area (Å²) in [6, 6.07) is 11.8. The lowest BCUT2D eigenvalue weighted by atomic mass is 9.78. The predicted octanol–water partition coefficient (Wildman–Crippen LogP) is 3.46. The highest BCUT2D eigenvalue weighted by atomic mass is 15.2. The highest BCUT2D eigenvalue weighted by molar-refractivity contribution is 5.48. The maximum absolute atomic E-state index is 2.64. The van der Waals surface area contributed by atoms with Gasteiger partial charge in [-0.1, -0.05) is 24.6 Å². The molecule has 15 heavy (non-hydrogen) atoms. The molecule has 0 unspecified atom stereocenters. The van der Waals surface area contributed by atoms with Crippen LogP contribution in [-0.2, 0) is 0 Å². The fourth-order valence-electron chi connectivity index (χ4n) is 3.05. The van der Waals surface area contributed by atoms with Gasteiger partial charge in [0.2, 0.25) is 0 Å². The van der Waals surface area contributed by atoms with E-state index in [0.29, 0.717) is 0 Å². The van der Waals surface area contributed by atoms with E-state index in [1.807, 2.05) is 0 Å². The van der Waals surface area contributed by atoms with E-state index >= 15 is 0 Å². The second-order valence-electron chi connectivity index (χ2n) is 4.93. The molecular weight excluding hydrogens is 182 g/mol. The molecule has 1 heterocycles. The number of hydrogen-bond acceptors (Lipinski definition) is 1. The number of para-hydroxylation sites is 1. The van der Waals surface area contributed by atoms with E-state index in [1.165, 1.54) is 44.3 Å². The van der Waals surface area contributed by atoms with E-state index in [9.17, 15) is 0 Å². The van der Waals surface area contributed by atoms with Gasteiger partial charge < -0.3 is 4.90 Å². The SMILES string of the molecule is c1ccc(N2CCC[C@H]2C2CCC2)cc1. The molecule has 1 aliphatic carbocycles. The van der Waals surface area contributed by atoms with Crippen molar-refractivity contribution >= 4 is 5.69 Å². The smallest absolute Gasteiger partial charge is 0.0368 e. The van der Waals surface area contributed by atoms with Crippen LogP contribution in [0.3, 0.4) is 0 Å². The zero-order valence-corrected chi connectivity index (χ0v) is 9.23. The quantitative estimate of drug-likeness (QED) is 0.708. The van der Waals surface area contributed by atoms with Crippen molar-refractivity contribution in [2.24, 2.45) is 5.92 Å².